The van der Waals surface area contributed by atoms with Crippen LogP contribution in [0.2, 0.25) is 0 Å². The second-order valence-corrected chi connectivity index (χ2v) is 10.5. The first-order valence-electron chi connectivity index (χ1n) is 11.9. The summed E-state index contributed by atoms with van der Waals surface area (Å²) in [7, 11) is -3.64. The molecule has 1 N–H and O–H groups in total. The maximum atomic E-state index is 13.0. The second kappa shape index (κ2) is 11.4. The Balaban J connectivity index is 1.39. The van der Waals surface area contributed by atoms with Crippen LogP contribution in [0.15, 0.2) is 90.1 Å². The molecule has 3 heterocycles. The van der Waals surface area contributed by atoms with Crippen LogP contribution < -0.4 is 15.0 Å². The summed E-state index contributed by atoms with van der Waals surface area (Å²) in [5.41, 5.74) is 1.58. The monoisotopic (exact) mass is 531 g/mol. The lowest BCUT2D eigenvalue weighted by molar-refractivity contribution is 0.122. The highest BCUT2D eigenvalue weighted by molar-refractivity contribution is 7.90. The maximum Gasteiger partial charge on any atom is 0.417 e. The van der Waals surface area contributed by atoms with Crippen LogP contribution in [0.5, 0.6) is 5.75 Å². The molecule has 0 atom stereocenters. The number of para-hydroxylation sites is 1. The lowest BCUT2D eigenvalue weighted by atomic mass is 10.2. The SMILES string of the molecule is O=C(Nc1ccc(-c2nc(CS(=O)(=O)c3ccncc3)cc(N3CCOCC3)n2)cc1)Oc1ccccc1. The van der Waals surface area contributed by atoms with Gasteiger partial charge in [0.1, 0.15) is 11.6 Å². The predicted molar refractivity (Wildman–Crippen MR) is 142 cm³/mol. The average molecular weight is 532 g/mol. The summed E-state index contributed by atoms with van der Waals surface area (Å²) in [6.45, 7) is 2.39. The van der Waals surface area contributed by atoms with Crippen LogP contribution in [0.25, 0.3) is 11.4 Å². The zero-order valence-corrected chi connectivity index (χ0v) is 21.2. The number of nitrogens with one attached hydrogen (secondary N) is 1. The van der Waals surface area contributed by atoms with Gasteiger partial charge in [-0.2, -0.15) is 0 Å². The fourth-order valence-electron chi connectivity index (χ4n) is 3.91. The Bertz CT molecular complexity index is 1490. The molecular formula is C27H25N5O5S. The van der Waals surface area contributed by atoms with Gasteiger partial charge in [-0.3, -0.25) is 10.3 Å². The van der Waals surface area contributed by atoms with E-state index in [1.54, 1.807) is 54.6 Å². The van der Waals surface area contributed by atoms with E-state index < -0.39 is 15.9 Å². The van der Waals surface area contributed by atoms with Crippen LogP contribution >= 0.6 is 0 Å². The number of aromatic nitrogens is 3. The van der Waals surface area contributed by atoms with E-state index in [4.69, 9.17) is 14.5 Å². The van der Waals surface area contributed by atoms with Crippen molar-refractivity contribution in [1.29, 1.82) is 0 Å². The minimum absolute atomic E-state index is 0.179. The second-order valence-electron chi connectivity index (χ2n) is 8.49. The largest absolute Gasteiger partial charge is 0.417 e. The number of hydrogen-bond acceptors (Lipinski definition) is 9. The van der Waals surface area contributed by atoms with Crippen molar-refractivity contribution in [1.82, 2.24) is 15.0 Å². The number of carbonyl (C=O) groups is 1. The molecule has 38 heavy (non-hydrogen) atoms. The summed E-state index contributed by atoms with van der Waals surface area (Å²) in [6, 6.07) is 20.3. The molecule has 1 aliphatic rings. The van der Waals surface area contributed by atoms with Crippen molar-refractivity contribution >= 4 is 27.4 Å². The number of ether oxygens (including phenoxy) is 2. The highest BCUT2D eigenvalue weighted by Crippen LogP contribution is 2.25. The van der Waals surface area contributed by atoms with Gasteiger partial charge in [0.2, 0.25) is 0 Å². The van der Waals surface area contributed by atoms with Gasteiger partial charge in [-0.25, -0.2) is 23.2 Å². The highest BCUT2D eigenvalue weighted by atomic mass is 32.2. The van der Waals surface area contributed by atoms with E-state index in [1.165, 1.54) is 24.5 Å². The fourth-order valence-corrected chi connectivity index (χ4v) is 5.15. The van der Waals surface area contributed by atoms with Crippen molar-refractivity contribution in [3.8, 4) is 17.1 Å². The summed E-state index contributed by atoms with van der Waals surface area (Å²) in [4.78, 5) is 27.6. The summed E-state index contributed by atoms with van der Waals surface area (Å²) in [6.07, 6.45) is 2.28. The molecule has 1 fully saturated rings. The topological polar surface area (TPSA) is 124 Å². The van der Waals surface area contributed by atoms with Crippen LogP contribution in [0.3, 0.4) is 0 Å². The zero-order valence-electron chi connectivity index (χ0n) is 20.4. The average Bonchev–Trinajstić information content (AvgIpc) is 2.94. The first kappa shape index (κ1) is 25.3. The van der Waals surface area contributed by atoms with Crippen LogP contribution in [0, 0.1) is 0 Å². The first-order chi connectivity index (χ1) is 18.5. The molecule has 0 radical (unpaired) electrons. The lowest BCUT2D eigenvalue weighted by Crippen LogP contribution is -2.37. The molecule has 11 heteroatoms. The molecule has 0 bridgehead atoms. The summed E-state index contributed by atoms with van der Waals surface area (Å²) in [5, 5.41) is 2.68. The molecule has 0 unspecified atom stereocenters. The van der Waals surface area contributed by atoms with E-state index in [2.05, 4.69) is 15.3 Å². The lowest BCUT2D eigenvalue weighted by Gasteiger charge is -2.28. The van der Waals surface area contributed by atoms with Gasteiger partial charge < -0.3 is 14.4 Å². The van der Waals surface area contributed by atoms with E-state index in [1.807, 2.05) is 11.0 Å². The van der Waals surface area contributed by atoms with E-state index in [0.717, 1.165) is 0 Å². The van der Waals surface area contributed by atoms with Gasteiger partial charge >= 0.3 is 6.09 Å². The number of pyridine rings is 1. The Morgan fingerprint density at radius 1 is 0.947 bits per heavy atom. The molecule has 4 aromatic rings. The van der Waals surface area contributed by atoms with Gasteiger partial charge in [-0.05, 0) is 48.5 Å². The van der Waals surface area contributed by atoms with Gasteiger partial charge in [0, 0.05) is 42.8 Å². The Labute approximate surface area is 220 Å². The number of sulfone groups is 1. The molecule has 194 valence electrons. The van der Waals surface area contributed by atoms with E-state index in [9.17, 15) is 13.2 Å². The Kier molecular flexibility index (Phi) is 7.57. The summed E-state index contributed by atoms with van der Waals surface area (Å²) >= 11 is 0. The number of amides is 1. The Morgan fingerprint density at radius 2 is 1.66 bits per heavy atom. The number of hydrogen-bond donors (Lipinski definition) is 1. The third-order valence-electron chi connectivity index (χ3n) is 5.79. The quantitative estimate of drug-likeness (QED) is 0.377. The molecule has 0 aliphatic carbocycles. The minimum atomic E-state index is -3.64. The van der Waals surface area contributed by atoms with Crippen LogP contribution in [-0.4, -0.2) is 55.8 Å². The molecule has 1 amide bonds. The van der Waals surface area contributed by atoms with E-state index >= 15 is 0 Å². The van der Waals surface area contributed by atoms with Crippen LogP contribution in [0.1, 0.15) is 5.69 Å². The number of nitrogens with zero attached hydrogens (tertiary/aromatic N) is 4. The number of benzene rings is 2. The molecule has 2 aromatic heterocycles. The number of morpholine rings is 1. The Morgan fingerprint density at radius 3 is 2.37 bits per heavy atom. The number of carbonyl (C=O) groups excluding carboxylic acids is 1. The minimum Gasteiger partial charge on any atom is -0.410 e. The van der Waals surface area contributed by atoms with Gasteiger partial charge in [0.05, 0.1) is 29.6 Å². The fraction of sp³-hybridized carbons (Fsp3) is 0.185. The van der Waals surface area contributed by atoms with E-state index in [0.29, 0.717) is 60.6 Å². The van der Waals surface area contributed by atoms with Crippen molar-refractivity contribution in [2.45, 2.75) is 10.6 Å². The third kappa shape index (κ3) is 6.31. The standard InChI is InChI=1S/C27H25N5O5S/c33-27(37-23-4-2-1-3-5-23)30-21-8-6-20(7-9-21)26-29-22(18-25(31-26)32-14-16-36-17-15-32)19-38(34,35)24-10-12-28-13-11-24/h1-13,18H,14-17,19H2,(H,30,33). The van der Waals surface area contributed by atoms with Crippen LogP contribution in [0.4, 0.5) is 16.3 Å². The summed E-state index contributed by atoms with van der Waals surface area (Å²) in [5.74, 6) is 1.16. The first-order valence-corrected chi connectivity index (χ1v) is 13.6. The van der Waals surface area contributed by atoms with Crippen molar-refractivity contribution < 1.29 is 22.7 Å². The molecule has 5 rings (SSSR count). The van der Waals surface area contributed by atoms with Crippen molar-refractivity contribution in [3.05, 3.63) is 90.9 Å². The highest BCUT2D eigenvalue weighted by Gasteiger charge is 2.21. The molecule has 1 saturated heterocycles. The third-order valence-corrected chi connectivity index (χ3v) is 7.46. The smallest absolute Gasteiger partial charge is 0.410 e. The number of anilines is 2. The van der Waals surface area contributed by atoms with Gasteiger partial charge in [0.25, 0.3) is 0 Å². The van der Waals surface area contributed by atoms with Gasteiger partial charge in [-0.1, -0.05) is 18.2 Å². The molecular weight excluding hydrogens is 506 g/mol. The van der Waals surface area contributed by atoms with Crippen molar-refractivity contribution in [3.63, 3.8) is 0 Å². The van der Waals surface area contributed by atoms with Crippen LogP contribution in [-0.2, 0) is 20.3 Å². The molecule has 0 saturated carbocycles. The van der Waals surface area contributed by atoms with Gasteiger partial charge in [-0.15, -0.1) is 0 Å². The summed E-state index contributed by atoms with van der Waals surface area (Å²) < 4.78 is 36.8. The predicted octanol–water partition coefficient (Wildman–Crippen LogP) is 3.96. The molecule has 2 aromatic carbocycles. The zero-order chi connectivity index (χ0) is 26.4. The van der Waals surface area contributed by atoms with Crippen molar-refractivity contribution in [2.24, 2.45) is 0 Å². The van der Waals surface area contributed by atoms with E-state index in [-0.39, 0.29) is 10.6 Å². The molecule has 1 aliphatic heterocycles. The van der Waals surface area contributed by atoms with Gasteiger partial charge in [0.15, 0.2) is 15.7 Å². The number of rotatable bonds is 7. The normalized spacial score (nSPS) is 13.6. The Hall–Kier alpha value is -4.35. The molecule has 0 spiro atoms. The molecule has 10 nitrogen and oxygen atoms in total. The maximum absolute atomic E-state index is 13.0. The van der Waals surface area contributed by atoms with Crippen molar-refractivity contribution in [2.75, 3.05) is 36.5 Å².